The van der Waals surface area contributed by atoms with Crippen molar-refractivity contribution < 1.29 is 20.0 Å². The van der Waals surface area contributed by atoms with Crippen molar-refractivity contribution in [3.05, 3.63) is 72.9 Å². The molecule has 0 spiro atoms. The summed E-state index contributed by atoms with van der Waals surface area (Å²) in [5, 5.41) is 17.3. The molecule has 4 nitrogen and oxygen atoms in total. The van der Waals surface area contributed by atoms with Gasteiger partial charge in [0.1, 0.15) is 0 Å². The average molecular weight is 360 g/mol. The van der Waals surface area contributed by atoms with Crippen LogP contribution < -0.4 is 0 Å². The van der Waals surface area contributed by atoms with Crippen LogP contribution >= 0.6 is 0 Å². The molecule has 0 aliphatic rings. The molecule has 0 saturated carbocycles. The third-order valence-corrected chi connectivity index (χ3v) is 3.56. The molecule has 0 aliphatic heterocycles. The minimum absolute atomic E-state index is 0.0658. The lowest BCUT2D eigenvalue weighted by Gasteiger charge is -2.11. The zero-order valence-corrected chi connectivity index (χ0v) is 15.7. The fourth-order valence-corrected chi connectivity index (χ4v) is 2.16. The van der Waals surface area contributed by atoms with Crippen LogP contribution in [0.1, 0.15) is 51.9 Å². The van der Waals surface area contributed by atoms with Gasteiger partial charge in [-0.05, 0) is 19.3 Å². The quantitative estimate of drug-likeness (QED) is 0.123. The Kier molecular flexibility index (Phi) is 17.6. The number of unbranched alkanes of at least 4 members (excludes halogenated alkanes) is 3. The van der Waals surface area contributed by atoms with Gasteiger partial charge in [-0.25, -0.2) is 9.68 Å². The van der Waals surface area contributed by atoms with E-state index in [9.17, 15) is 4.79 Å². The molecule has 4 heteroatoms. The average Bonchev–Trinajstić information content (AvgIpc) is 2.63. The molecule has 0 saturated heterocycles. The molecule has 144 valence electrons. The van der Waals surface area contributed by atoms with Crippen LogP contribution in [0.25, 0.3) is 0 Å². The molecule has 0 fully saturated rings. The Morgan fingerprint density at radius 2 is 1.42 bits per heavy atom. The predicted molar refractivity (Wildman–Crippen MR) is 108 cm³/mol. The molecule has 0 amide bonds. The van der Waals surface area contributed by atoms with E-state index in [0.29, 0.717) is 0 Å². The van der Waals surface area contributed by atoms with Crippen molar-refractivity contribution >= 4 is 5.97 Å². The highest BCUT2D eigenvalue weighted by Crippen LogP contribution is 2.12. The van der Waals surface area contributed by atoms with Gasteiger partial charge in [0.15, 0.2) is 0 Å². The summed E-state index contributed by atoms with van der Waals surface area (Å²) in [6.45, 7) is 2.18. The van der Waals surface area contributed by atoms with Gasteiger partial charge < -0.3 is 5.11 Å². The number of rotatable bonds is 15. The highest BCUT2D eigenvalue weighted by molar-refractivity contribution is 5.80. The van der Waals surface area contributed by atoms with Crippen molar-refractivity contribution in [2.75, 3.05) is 0 Å². The summed E-state index contributed by atoms with van der Waals surface area (Å²) in [4.78, 5) is 14.8. The maximum atomic E-state index is 10.2. The lowest BCUT2D eigenvalue weighted by molar-refractivity contribution is -0.281. The van der Waals surface area contributed by atoms with Crippen molar-refractivity contribution in [3.63, 3.8) is 0 Å². The van der Waals surface area contributed by atoms with Crippen molar-refractivity contribution in [1.82, 2.24) is 0 Å². The van der Waals surface area contributed by atoms with Crippen LogP contribution in [0, 0.1) is 0 Å². The first-order chi connectivity index (χ1) is 12.7. The minimum atomic E-state index is -0.955. The molecule has 0 radical (unpaired) electrons. The molecule has 0 rings (SSSR count). The third kappa shape index (κ3) is 18.2. The summed E-state index contributed by atoms with van der Waals surface area (Å²) >= 11 is 0. The molecule has 0 aliphatic carbocycles. The molecule has 1 unspecified atom stereocenters. The lowest BCUT2D eigenvalue weighted by atomic mass is 10.1. The maximum absolute atomic E-state index is 10.2. The number of carboxylic acids is 1. The largest absolute Gasteiger partial charge is 0.478 e. The number of hydrogen-bond acceptors (Lipinski definition) is 3. The van der Waals surface area contributed by atoms with E-state index < -0.39 is 5.97 Å². The van der Waals surface area contributed by atoms with E-state index in [0.717, 1.165) is 31.8 Å². The Balaban J connectivity index is 3.84. The van der Waals surface area contributed by atoms with Gasteiger partial charge in [-0.1, -0.05) is 99.4 Å². The Hall–Kier alpha value is -2.17. The van der Waals surface area contributed by atoms with Gasteiger partial charge in [0.25, 0.3) is 0 Å². The van der Waals surface area contributed by atoms with Crippen molar-refractivity contribution in [1.29, 1.82) is 0 Å². The first kappa shape index (κ1) is 23.8. The number of carbonyl (C=O) groups is 1. The zero-order valence-electron chi connectivity index (χ0n) is 15.7. The molecular weight excluding hydrogens is 328 g/mol. The lowest BCUT2D eigenvalue weighted by Crippen LogP contribution is -2.10. The molecule has 1 atom stereocenters. The molecule has 0 aromatic carbocycles. The number of allylic oxidation sites excluding steroid dienone is 11. The van der Waals surface area contributed by atoms with Crippen LogP contribution in [0.15, 0.2) is 72.9 Å². The van der Waals surface area contributed by atoms with Crippen LogP contribution in [0.5, 0.6) is 0 Å². The van der Waals surface area contributed by atoms with Gasteiger partial charge in [-0.15, -0.1) is 0 Å². The summed E-state index contributed by atoms with van der Waals surface area (Å²) in [7, 11) is 0. The van der Waals surface area contributed by atoms with E-state index >= 15 is 0 Å². The van der Waals surface area contributed by atoms with Crippen molar-refractivity contribution in [2.45, 2.75) is 58.0 Å². The summed E-state index contributed by atoms with van der Waals surface area (Å²) < 4.78 is 0. The molecule has 0 aromatic rings. The zero-order chi connectivity index (χ0) is 19.3. The standard InChI is InChI=1S/C22H32O4/c1-2-3-4-15-18-21(26-25)19-16-13-11-9-7-5-6-8-10-12-14-17-20-22(23)24/h5-14,17,20-21,25H,2-4,15-16,18-19H2,1H3,(H,23,24). The highest BCUT2D eigenvalue weighted by atomic mass is 17.1. The van der Waals surface area contributed by atoms with Gasteiger partial charge in [0, 0.05) is 6.08 Å². The van der Waals surface area contributed by atoms with Gasteiger partial charge in [-0.2, -0.15) is 0 Å². The molecule has 26 heavy (non-hydrogen) atoms. The first-order valence-corrected chi connectivity index (χ1v) is 9.23. The van der Waals surface area contributed by atoms with E-state index in [1.807, 2.05) is 42.5 Å². The Morgan fingerprint density at radius 1 is 0.846 bits per heavy atom. The highest BCUT2D eigenvalue weighted by Gasteiger charge is 2.06. The maximum Gasteiger partial charge on any atom is 0.328 e. The summed E-state index contributed by atoms with van der Waals surface area (Å²) in [5.74, 6) is -0.955. The Morgan fingerprint density at radius 3 is 1.96 bits per heavy atom. The third-order valence-electron chi connectivity index (χ3n) is 3.56. The molecule has 0 bridgehead atoms. The second-order valence-electron chi connectivity index (χ2n) is 5.82. The van der Waals surface area contributed by atoms with Crippen molar-refractivity contribution in [3.8, 4) is 0 Å². The molecular formula is C22H32O4. The fourth-order valence-electron chi connectivity index (χ4n) is 2.16. The Bertz CT molecular complexity index is 510. The fraction of sp³-hybridized carbons (Fsp3) is 0.409. The molecule has 0 aromatic heterocycles. The van der Waals surface area contributed by atoms with E-state index in [-0.39, 0.29) is 6.10 Å². The van der Waals surface area contributed by atoms with Crippen LogP contribution in [0.4, 0.5) is 0 Å². The smallest absolute Gasteiger partial charge is 0.328 e. The summed E-state index contributed by atoms with van der Waals surface area (Å²) in [5.41, 5.74) is 0. The monoisotopic (exact) mass is 360 g/mol. The van der Waals surface area contributed by atoms with Crippen LogP contribution in [0.3, 0.4) is 0 Å². The topological polar surface area (TPSA) is 66.8 Å². The van der Waals surface area contributed by atoms with E-state index in [4.69, 9.17) is 10.4 Å². The minimum Gasteiger partial charge on any atom is -0.478 e. The summed E-state index contributed by atoms with van der Waals surface area (Å²) in [6, 6.07) is 0. The predicted octanol–water partition coefficient (Wildman–Crippen LogP) is 6.02. The molecule has 0 heterocycles. The summed E-state index contributed by atoms with van der Waals surface area (Å²) in [6.07, 6.45) is 28.7. The van der Waals surface area contributed by atoms with E-state index in [1.165, 1.54) is 25.3 Å². The SMILES string of the molecule is CCCCCCC(CCC=CC=CC=CC=CC=CC=CC(=O)O)OO. The molecule has 2 N–H and O–H groups in total. The number of hydrogen-bond donors (Lipinski definition) is 2. The van der Waals surface area contributed by atoms with Gasteiger partial charge in [-0.3, -0.25) is 5.26 Å². The second-order valence-corrected chi connectivity index (χ2v) is 5.82. The van der Waals surface area contributed by atoms with Crippen LogP contribution in [0.2, 0.25) is 0 Å². The normalized spacial score (nSPS) is 14.2. The van der Waals surface area contributed by atoms with Crippen molar-refractivity contribution in [2.24, 2.45) is 0 Å². The van der Waals surface area contributed by atoms with Gasteiger partial charge in [0.2, 0.25) is 0 Å². The van der Waals surface area contributed by atoms with E-state index in [1.54, 1.807) is 12.2 Å². The Labute approximate surface area is 157 Å². The van der Waals surface area contributed by atoms with Crippen LogP contribution in [-0.2, 0) is 9.68 Å². The van der Waals surface area contributed by atoms with Crippen LogP contribution in [-0.4, -0.2) is 22.4 Å². The van der Waals surface area contributed by atoms with Gasteiger partial charge in [0.05, 0.1) is 6.10 Å². The second kappa shape index (κ2) is 19.2. The number of aliphatic carboxylic acids is 1. The number of carboxylic acid groups (broad SMARTS) is 1. The van der Waals surface area contributed by atoms with E-state index in [2.05, 4.69) is 17.9 Å². The first-order valence-electron chi connectivity index (χ1n) is 9.23. The van der Waals surface area contributed by atoms with Gasteiger partial charge >= 0.3 is 5.97 Å².